The molecule has 0 saturated carbocycles. The van der Waals surface area contributed by atoms with Gasteiger partial charge >= 0.3 is 6.18 Å². The molecule has 0 bridgehead atoms. The fraction of sp³-hybridized carbons (Fsp3) is 0.417. The van der Waals surface area contributed by atoms with Crippen molar-refractivity contribution in [2.45, 2.75) is 32.5 Å². The zero-order valence-corrected chi connectivity index (χ0v) is 18.7. The first-order valence-electron chi connectivity index (χ1n) is 11.1. The lowest BCUT2D eigenvalue weighted by Crippen LogP contribution is -2.49. The number of pyridine rings is 1. The summed E-state index contributed by atoms with van der Waals surface area (Å²) in [6, 6.07) is 7.56. The minimum absolute atomic E-state index is 0.113. The van der Waals surface area contributed by atoms with Crippen molar-refractivity contribution in [2.24, 2.45) is 0 Å². The van der Waals surface area contributed by atoms with Gasteiger partial charge in [-0.3, -0.25) is 4.79 Å². The van der Waals surface area contributed by atoms with Crippen molar-refractivity contribution in [1.82, 2.24) is 20.2 Å². The Morgan fingerprint density at radius 3 is 2.64 bits per heavy atom. The fourth-order valence-corrected chi connectivity index (χ4v) is 4.21. The van der Waals surface area contributed by atoms with Gasteiger partial charge in [-0.05, 0) is 23.8 Å². The van der Waals surface area contributed by atoms with Crippen molar-refractivity contribution in [1.29, 1.82) is 0 Å². The number of H-pyrrole nitrogens is 1. The molecule has 0 spiro atoms. The quantitative estimate of drug-likeness (QED) is 0.578. The molecule has 176 valence electrons. The Morgan fingerprint density at radius 2 is 1.94 bits per heavy atom. The first kappa shape index (κ1) is 23.1. The number of hydrogen-bond acceptors (Lipinski definition) is 4. The number of fused-ring (bicyclic) bond motifs is 1. The molecule has 9 heteroatoms. The van der Waals surface area contributed by atoms with E-state index in [0.717, 1.165) is 17.1 Å². The summed E-state index contributed by atoms with van der Waals surface area (Å²) in [6.07, 6.45) is -0.569. The molecule has 1 saturated heterocycles. The molecule has 2 N–H and O–H groups in total. The van der Waals surface area contributed by atoms with E-state index in [9.17, 15) is 18.0 Å². The van der Waals surface area contributed by atoms with Gasteiger partial charge in [0, 0.05) is 68.5 Å². The van der Waals surface area contributed by atoms with Crippen LogP contribution in [0.25, 0.3) is 22.2 Å². The molecule has 2 aromatic heterocycles. The second-order valence-electron chi connectivity index (χ2n) is 8.57. The van der Waals surface area contributed by atoms with Crippen molar-refractivity contribution in [3.8, 4) is 11.1 Å². The highest BCUT2D eigenvalue weighted by molar-refractivity contribution is 5.99. The molecule has 3 aromatic rings. The van der Waals surface area contributed by atoms with Crippen LogP contribution in [0, 0.1) is 0 Å². The first-order chi connectivity index (χ1) is 15.7. The van der Waals surface area contributed by atoms with Crippen LogP contribution in [0.4, 0.5) is 18.9 Å². The smallest absolute Gasteiger partial charge is 0.367 e. The molecular weight excluding hydrogens is 431 g/mol. The molecule has 33 heavy (non-hydrogen) atoms. The standard InChI is InChI=1S/C24H28F3N5O/c1-16(2)28-9-7-21(33)31-10-12-32(13-11-31)22-19-6-8-29-23(19)30-15-20(22)17-4-3-5-18(14-17)24(25,26)27/h3-6,8,14-16,28H,7,9-13H2,1-2H3,(H,29,30). The van der Waals surface area contributed by atoms with Crippen LogP contribution in [-0.4, -0.2) is 59.5 Å². The lowest BCUT2D eigenvalue weighted by molar-refractivity contribution is -0.137. The molecule has 1 aliphatic heterocycles. The average molecular weight is 460 g/mol. The molecule has 1 aliphatic rings. The predicted molar refractivity (Wildman–Crippen MR) is 123 cm³/mol. The Hall–Kier alpha value is -3.07. The maximum absolute atomic E-state index is 13.3. The number of halogens is 3. The maximum atomic E-state index is 13.3. The van der Waals surface area contributed by atoms with Crippen LogP contribution in [0.15, 0.2) is 42.7 Å². The van der Waals surface area contributed by atoms with Crippen LogP contribution in [0.3, 0.4) is 0 Å². The van der Waals surface area contributed by atoms with E-state index in [2.05, 4.69) is 20.2 Å². The molecule has 0 aliphatic carbocycles. The molecule has 0 unspecified atom stereocenters. The number of hydrogen-bond donors (Lipinski definition) is 2. The number of aromatic nitrogens is 2. The number of anilines is 1. The highest BCUT2D eigenvalue weighted by Crippen LogP contribution is 2.39. The number of amides is 1. The largest absolute Gasteiger partial charge is 0.416 e. The minimum Gasteiger partial charge on any atom is -0.367 e. The van der Waals surface area contributed by atoms with Gasteiger partial charge in [-0.1, -0.05) is 26.0 Å². The minimum atomic E-state index is -4.42. The summed E-state index contributed by atoms with van der Waals surface area (Å²) in [4.78, 5) is 24.1. The number of carbonyl (C=O) groups excluding carboxylic acids is 1. The number of nitrogens with zero attached hydrogens (tertiary/aromatic N) is 3. The molecular formula is C24H28F3N5O. The second-order valence-corrected chi connectivity index (χ2v) is 8.57. The summed E-state index contributed by atoms with van der Waals surface area (Å²) in [5.74, 6) is 0.113. The normalized spacial score (nSPS) is 15.0. The van der Waals surface area contributed by atoms with Crippen molar-refractivity contribution in [3.05, 3.63) is 48.3 Å². The van der Waals surface area contributed by atoms with Gasteiger partial charge in [0.1, 0.15) is 5.65 Å². The number of aromatic amines is 1. The lowest BCUT2D eigenvalue weighted by atomic mass is 10.0. The van der Waals surface area contributed by atoms with Gasteiger partial charge in [0.05, 0.1) is 11.3 Å². The molecule has 1 fully saturated rings. The Morgan fingerprint density at radius 1 is 1.18 bits per heavy atom. The van der Waals surface area contributed by atoms with E-state index in [1.807, 2.05) is 24.8 Å². The van der Waals surface area contributed by atoms with Gasteiger partial charge < -0.3 is 20.1 Å². The third-order valence-corrected chi connectivity index (χ3v) is 5.90. The lowest BCUT2D eigenvalue weighted by Gasteiger charge is -2.37. The SMILES string of the molecule is CC(C)NCCC(=O)N1CCN(c2c(-c3cccc(C(F)(F)F)c3)cnc3[nH]ccc23)CC1. The second kappa shape index (κ2) is 9.43. The number of alkyl halides is 3. The fourth-order valence-electron chi connectivity index (χ4n) is 4.21. The van der Waals surface area contributed by atoms with Gasteiger partial charge in [0.25, 0.3) is 0 Å². The van der Waals surface area contributed by atoms with E-state index in [1.165, 1.54) is 12.1 Å². The number of carbonyl (C=O) groups is 1. The highest BCUT2D eigenvalue weighted by Gasteiger charge is 2.31. The summed E-state index contributed by atoms with van der Waals surface area (Å²) in [5, 5.41) is 4.11. The van der Waals surface area contributed by atoms with Crippen molar-refractivity contribution in [3.63, 3.8) is 0 Å². The Labute approximate surface area is 190 Å². The Bertz CT molecular complexity index is 1120. The van der Waals surface area contributed by atoms with Gasteiger partial charge in [-0.2, -0.15) is 13.2 Å². The topological polar surface area (TPSA) is 64.3 Å². The van der Waals surface area contributed by atoms with Crippen molar-refractivity contribution in [2.75, 3.05) is 37.6 Å². The van der Waals surface area contributed by atoms with Gasteiger partial charge in [0.15, 0.2) is 0 Å². The monoisotopic (exact) mass is 459 g/mol. The van der Waals surface area contributed by atoms with Crippen LogP contribution in [-0.2, 0) is 11.0 Å². The molecule has 6 nitrogen and oxygen atoms in total. The van der Waals surface area contributed by atoms with Crippen LogP contribution < -0.4 is 10.2 Å². The summed E-state index contributed by atoms with van der Waals surface area (Å²) in [6.45, 7) is 7.06. The van der Waals surface area contributed by atoms with Gasteiger partial charge in [-0.15, -0.1) is 0 Å². The summed E-state index contributed by atoms with van der Waals surface area (Å²) < 4.78 is 40.0. The van der Waals surface area contributed by atoms with Crippen LogP contribution >= 0.6 is 0 Å². The van der Waals surface area contributed by atoms with Gasteiger partial charge in [0.2, 0.25) is 5.91 Å². The summed E-state index contributed by atoms with van der Waals surface area (Å²) in [5.41, 5.74) is 1.95. The highest BCUT2D eigenvalue weighted by atomic mass is 19.4. The number of piperazine rings is 1. The van der Waals surface area contributed by atoms with E-state index in [1.54, 1.807) is 18.5 Å². The zero-order chi connectivity index (χ0) is 23.6. The van der Waals surface area contributed by atoms with Crippen molar-refractivity contribution < 1.29 is 18.0 Å². The van der Waals surface area contributed by atoms with Crippen LogP contribution in [0.2, 0.25) is 0 Å². The predicted octanol–water partition coefficient (Wildman–Crippen LogP) is 4.29. The Balaban J connectivity index is 1.59. The molecule has 1 aromatic carbocycles. The number of nitrogens with one attached hydrogen (secondary N) is 2. The maximum Gasteiger partial charge on any atom is 0.416 e. The van der Waals surface area contributed by atoms with E-state index >= 15 is 0 Å². The summed E-state index contributed by atoms with van der Waals surface area (Å²) >= 11 is 0. The van der Waals surface area contributed by atoms with E-state index in [4.69, 9.17) is 0 Å². The number of rotatable bonds is 6. The van der Waals surface area contributed by atoms with Crippen LogP contribution in [0.5, 0.6) is 0 Å². The molecule has 3 heterocycles. The third kappa shape index (κ3) is 5.13. The molecule has 4 rings (SSSR count). The van der Waals surface area contributed by atoms with Crippen LogP contribution in [0.1, 0.15) is 25.8 Å². The molecule has 1 amide bonds. The van der Waals surface area contributed by atoms with E-state index in [-0.39, 0.29) is 5.91 Å². The third-order valence-electron chi connectivity index (χ3n) is 5.90. The summed E-state index contributed by atoms with van der Waals surface area (Å²) in [7, 11) is 0. The van der Waals surface area contributed by atoms with Gasteiger partial charge in [-0.25, -0.2) is 4.98 Å². The van der Waals surface area contributed by atoms with E-state index in [0.29, 0.717) is 62.0 Å². The first-order valence-corrected chi connectivity index (χ1v) is 11.1. The average Bonchev–Trinajstić information content (AvgIpc) is 3.27. The molecule has 0 radical (unpaired) electrons. The molecule has 0 atom stereocenters. The van der Waals surface area contributed by atoms with E-state index < -0.39 is 11.7 Å². The number of benzene rings is 1. The Kier molecular flexibility index (Phi) is 6.60. The zero-order valence-electron chi connectivity index (χ0n) is 18.7. The van der Waals surface area contributed by atoms with Crippen molar-refractivity contribution >= 4 is 22.6 Å².